The molecule has 2 aliphatic carbocycles. The first-order valence-corrected chi connectivity index (χ1v) is 7.62. The van der Waals surface area contributed by atoms with Gasteiger partial charge in [-0.2, -0.15) is 0 Å². The Morgan fingerprint density at radius 3 is 2.44 bits per heavy atom. The second-order valence-electron chi connectivity index (χ2n) is 6.39. The summed E-state index contributed by atoms with van der Waals surface area (Å²) in [6.07, 6.45) is 8.08. The van der Waals surface area contributed by atoms with Crippen molar-refractivity contribution >= 4 is 5.69 Å². The fourth-order valence-electron chi connectivity index (χ4n) is 3.82. The molecule has 1 saturated carbocycles. The first-order chi connectivity index (χ1) is 8.74. The normalized spacial score (nSPS) is 31.1. The Morgan fingerprint density at radius 2 is 1.67 bits per heavy atom. The molecule has 2 atom stereocenters. The van der Waals surface area contributed by atoms with Crippen molar-refractivity contribution in [3.8, 4) is 0 Å². The minimum atomic E-state index is 0.665. The molecule has 0 bridgehead atoms. The van der Waals surface area contributed by atoms with E-state index in [-0.39, 0.29) is 0 Å². The van der Waals surface area contributed by atoms with Crippen LogP contribution in [0.5, 0.6) is 0 Å². The first kappa shape index (κ1) is 12.1. The number of nitrogens with one attached hydrogen (secondary N) is 1. The van der Waals surface area contributed by atoms with Crippen LogP contribution in [0.4, 0.5) is 5.69 Å². The number of rotatable bonds is 2. The largest absolute Gasteiger partial charge is 0.382 e. The summed E-state index contributed by atoms with van der Waals surface area (Å²) in [4.78, 5) is 0. The predicted octanol–water partition coefficient (Wildman–Crippen LogP) is 4.41. The molecule has 0 spiro atoms. The second-order valence-corrected chi connectivity index (χ2v) is 6.39. The van der Waals surface area contributed by atoms with Crippen LogP contribution < -0.4 is 5.32 Å². The van der Waals surface area contributed by atoms with Crippen LogP contribution in [-0.2, 0) is 12.8 Å². The van der Waals surface area contributed by atoms with E-state index in [1.165, 1.54) is 44.2 Å². The number of fused-ring (bicyclic) bond motifs is 1. The molecule has 2 aliphatic rings. The second kappa shape index (κ2) is 4.95. The summed E-state index contributed by atoms with van der Waals surface area (Å²) in [5, 5.41) is 3.81. The highest BCUT2D eigenvalue weighted by molar-refractivity contribution is 5.51. The molecule has 0 saturated heterocycles. The SMILES string of the molecule is CC1CCCC(C)C1Nc1ccc2c(c1)CCC2. The van der Waals surface area contributed by atoms with Crippen LogP contribution in [0.15, 0.2) is 18.2 Å². The minimum absolute atomic E-state index is 0.665. The molecule has 1 nitrogen and oxygen atoms in total. The zero-order chi connectivity index (χ0) is 12.5. The van der Waals surface area contributed by atoms with Crippen molar-refractivity contribution in [3.05, 3.63) is 29.3 Å². The molecular formula is C17H25N. The average Bonchev–Trinajstić information content (AvgIpc) is 2.81. The molecule has 1 heteroatoms. The predicted molar refractivity (Wildman–Crippen MR) is 78.1 cm³/mol. The van der Waals surface area contributed by atoms with E-state index in [4.69, 9.17) is 0 Å². The third-order valence-corrected chi connectivity index (χ3v) is 4.98. The lowest BCUT2D eigenvalue weighted by Crippen LogP contribution is -2.37. The molecule has 0 heterocycles. The van der Waals surface area contributed by atoms with Crippen LogP contribution in [0.25, 0.3) is 0 Å². The van der Waals surface area contributed by atoms with Crippen LogP contribution in [0.3, 0.4) is 0 Å². The molecule has 1 N–H and O–H groups in total. The maximum atomic E-state index is 3.81. The van der Waals surface area contributed by atoms with Crippen molar-refractivity contribution in [2.24, 2.45) is 11.8 Å². The molecule has 18 heavy (non-hydrogen) atoms. The van der Waals surface area contributed by atoms with Crippen molar-refractivity contribution in [1.82, 2.24) is 0 Å². The van der Waals surface area contributed by atoms with Gasteiger partial charge in [0.1, 0.15) is 0 Å². The maximum absolute atomic E-state index is 3.81. The summed E-state index contributed by atoms with van der Waals surface area (Å²) in [6.45, 7) is 4.81. The fraction of sp³-hybridized carbons (Fsp3) is 0.647. The summed E-state index contributed by atoms with van der Waals surface area (Å²) in [5.41, 5.74) is 4.50. The quantitative estimate of drug-likeness (QED) is 0.811. The van der Waals surface area contributed by atoms with Gasteiger partial charge in [0.25, 0.3) is 0 Å². The highest BCUT2D eigenvalue weighted by atomic mass is 14.9. The van der Waals surface area contributed by atoms with Crippen molar-refractivity contribution in [1.29, 1.82) is 0 Å². The van der Waals surface area contributed by atoms with Gasteiger partial charge in [0.2, 0.25) is 0 Å². The van der Waals surface area contributed by atoms with Crippen molar-refractivity contribution in [2.75, 3.05) is 5.32 Å². The van der Waals surface area contributed by atoms with Gasteiger partial charge >= 0.3 is 0 Å². The van der Waals surface area contributed by atoms with Gasteiger partial charge in [-0.1, -0.05) is 26.3 Å². The van der Waals surface area contributed by atoms with Crippen LogP contribution >= 0.6 is 0 Å². The first-order valence-electron chi connectivity index (χ1n) is 7.62. The molecule has 1 fully saturated rings. The van der Waals surface area contributed by atoms with Gasteiger partial charge in [-0.15, -0.1) is 0 Å². The lowest BCUT2D eigenvalue weighted by atomic mass is 9.78. The highest BCUT2D eigenvalue weighted by Gasteiger charge is 2.27. The molecule has 2 unspecified atom stereocenters. The Kier molecular flexibility index (Phi) is 3.32. The van der Waals surface area contributed by atoms with E-state index in [0.717, 1.165) is 11.8 Å². The van der Waals surface area contributed by atoms with Crippen LogP contribution in [0.1, 0.15) is 50.7 Å². The molecule has 0 radical (unpaired) electrons. The molecule has 0 amide bonds. The Balaban J connectivity index is 1.75. The maximum Gasteiger partial charge on any atom is 0.0345 e. The van der Waals surface area contributed by atoms with Gasteiger partial charge in [0, 0.05) is 11.7 Å². The molecule has 0 aliphatic heterocycles. The van der Waals surface area contributed by atoms with Gasteiger partial charge in [-0.25, -0.2) is 0 Å². The van der Waals surface area contributed by atoms with E-state index in [2.05, 4.69) is 37.4 Å². The Labute approximate surface area is 111 Å². The zero-order valence-corrected chi connectivity index (χ0v) is 11.7. The van der Waals surface area contributed by atoms with Gasteiger partial charge in [-0.3, -0.25) is 0 Å². The molecule has 1 aromatic rings. The standard InChI is InChI=1S/C17H25N/c1-12-5-3-6-13(2)17(12)18-16-10-9-14-7-4-8-15(14)11-16/h9-13,17-18H,3-8H2,1-2H3. The van der Waals surface area contributed by atoms with E-state index in [1.807, 2.05) is 0 Å². The summed E-state index contributed by atoms with van der Waals surface area (Å²) in [7, 11) is 0. The van der Waals surface area contributed by atoms with Gasteiger partial charge < -0.3 is 5.32 Å². The number of benzene rings is 1. The Bertz CT molecular complexity index is 414. The topological polar surface area (TPSA) is 12.0 Å². The number of hydrogen-bond acceptors (Lipinski definition) is 1. The average molecular weight is 243 g/mol. The third kappa shape index (κ3) is 2.28. The summed E-state index contributed by atoms with van der Waals surface area (Å²) in [5.74, 6) is 1.61. The molecular weight excluding hydrogens is 218 g/mol. The van der Waals surface area contributed by atoms with Crippen LogP contribution in [-0.4, -0.2) is 6.04 Å². The lowest BCUT2D eigenvalue weighted by Gasteiger charge is -2.36. The van der Waals surface area contributed by atoms with Crippen molar-refractivity contribution in [3.63, 3.8) is 0 Å². The van der Waals surface area contributed by atoms with E-state index in [9.17, 15) is 0 Å². The van der Waals surface area contributed by atoms with E-state index >= 15 is 0 Å². The lowest BCUT2D eigenvalue weighted by molar-refractivity contribution is 0.268. The number of anilines is 1. The smallest absolute Gasteiger partial charge is 0.0345 e. The molecule has 0 aromatic heterocycles. The highest BCUT2D eigenvalue weighted by Crippen LogP contribution is 2.32. The van der Waals surface area contributed by atoms with Gasteiger partial charge in [0.05, 0.1) is 0 Å². The zero-order valence-electron chi connectivity index (χ0n) is 11.7. The number of aryl methyl sites for hydroxylation is 2. The van der Waals surface area contributed by atoms with Crippen molar-refractivity contribution in [2.45, 2.75) is 58.4 Å². The fourth-order valence-corrected chi connectivity index (χ4v) is 3.82. The van der Waals surface area contributed by atoms with Crippen LogP contribution in [0, 0.1) is 11.8 Å². The van der Waals surface area contributed by atoms with E-state index < -0.39 is 0 Å². The van der Waals surface area contributed by atoms with E-state index in [0.29, 0.717) is 6.04 Å². The minimum Gasteiger partial charge on any atom is -0.382 e. The monoisotopic (exact) mass is 243 g/mol. The van der Waals surface area contributed by atoms with Gasteiger partial charge in [0.15, 0.2) is 0 Å². The third-order valence-electron chi connectivity index (χ3n) is 4.98. The molecule has 3 rings (SSSR count). The summed E-state index contributed by atoms with van der Waals surface area (Å²) in [6, 6.07) is 7.69. The Morgan fingerprint density at radius 1 is 0.944 bits per heavy atom. The van der Waals surface area contributed by atoms with Crippen molar-refractivity contribution < 1.29 is 0 Å². The Hall–Kier alpha value is -0.980. The van der Waals surface area contributed by atoms with Gasteiger partial charge in [-0.05, 0) is 67.2 Å². The molecule has 1 aromatic carbocycles. The molecule has 98 valence electrons. The van der Waals surface area contributed by atoms with Crippen LogP contribution in [0.2, 0.25) is 0 Å². The number of hydrogen-bond donors (Lipinski definition) is 1. The van der Waals surface area contributed by atoms with E-state index in [1.54, 1.807) is 11.1 Å². The summed E-state index contributed by atoms with van der Waals surface area (Å²) < 4.78 is 0. The summed E-state index contributed by atoms with van der Waals surface area (Å²) >= 11 is 0.